The molecule has 14 heteroatoms. The maximum atomic E-state index is 14.6. The largest absolute Gasteiger partial charge is 0.453 e. The summed E-state index contributed by atoms with van der Waals surface area (Å²) in [5, 5.41) is 9.87. The van der Waals surface area contributed by atoms with Crippen molar-refractivity contribution in [2.45, 2.75) is 126 Å². The van der Waals surface area contributed by atoms with Crippen molar-refractivity contribution >= 4 is 52.7 Å². The Balaban J connectivity index is 0.821. The van der Waals surface area contributed by atoms with E-state index in [9.17, 15) is 14.4 Å². The number of fused-ring (bicyclic) bond motifs is 8. The number of carbonyl (C=O) groups is 3. The number of methoxy groups -OCH3 is 2. The van der Waals surface area contributed by atoms with Crippen LogP contribution in [0.2, 0.25) is 0 Å². The standard InChI is InChI=1S/C52H62N8O6/c1-29(43(57-51(62)64-2)30-8-5-4-6-9-30)59-23-7-10-42(59)48-53-40-19-14-34-26-32(12-17-38(34)45(40)55-48)33-13-18-39-35(27-33)15-20-41-46(39)56-49(54-41)47-36-11-16-37(28-36)60(47)50(61)44(58-52(63)65-3)31-21-24-66-25-22-31/h5,8-9,12,14-15,17,19-20,26-27,29,31,36-37,40,42-45,47H,4,6-7,10-11,13,16,18,21-25,28H2,1-3H3,(H,53,55)(H,54,56)(H,57,62)(H,58,63). The van der Waals surface area contributed by atoms with Crippen molar-refractivity contribution in [2.24, 2.45) is 16.8 Å². The van der Waals surface area contributed by atoms with E-state index in [4.69, 9.17) is 24.2 Å². The predicted octanol–water partition coefficient (Wildman–Crippen LogP) is 7.55. The Morgan fingerprint density at radius 3 is 2.61 bits per heavy atom. The number of ether oxygens (including phenoxy) is 3. The molecule has 14 nitrogen and oxygen atoms in total. The van der Waals surface area contributed by atoms with Crippen molar-refractivity contribution in [3.63, 3.8) is 0 Å². The molecule has 9 atom stereocenters. The van der Waals surface area contributed by atoms with Crippen LogP contribution >= 0.6 is 0 Å². The zero-order valence-corrected chi connectivity index (χ0v) is 38.3. The number of aliphatic imine (C=N–C) groups is 1. The molecule has 4 N–H and O–H groups in total. The monoisotopic (exact) mass is 894 g/mol. The van der Waals surface area contributed by atoms with Gasteiger partial charge >= 0.3 is 12.2 Å². The average Bonchev–Trinajstić information content (AvgIpc) is 4.23. The summed E-state index contributed by atoms with van der Waals surface area (Å²) in [7, 11) is 2.77. The van der Waals surface area contributed by atoms with E-state index in [1.165, 1.54) is 47.6 Å². The molecule has 3 amide bonds. The maximum Gasteiger partial charge on any atom is 0.407 e. The molecule has 8 aliphatic rings. The number of hydrogen-bond donors (Lipinski definition) is 4. The summed E-state index contributed by atoms with van der Waals surface area (Å²) in [4.78, 5) is 58.6. The maximum absolute atomic E-state index is 14.6. The summed E-state index contributed by atoms with van der Waals surface area (Å²) in [5.74, 6) is 2.14. The van der Waals surface area contributed by atoms with E-state index in [-0.39, 0.29) is 54.1 Å². The fraction of sp³-hybridized carbons (Fsp3) is 0.519. The summed E-state index contributed by atoms with van der Waals surface area (Å²) < 4.78 is 15.7. The second-order valence-corrected chi connectivity index (χ2v) is 19.6. The number of carbonyl (C=O) groups excluding carboxylic acids is 3. The number of amides is 3. The highest BCUT2D eigenvalue weighted by molar-refractivity contribution is 5.93. The van der Waals surface area contributed by atoms with Gasteiger partial charge in [-0.1, -0.05) is 54.7 Å². The van der Waals surface area contributed by atoms with Crippen molar-refractivity contribution in [1.82, 2.24) is 35.7 Å². The molecule has 66 heavy (non-hydrogen) atoms. The minimum Gasteiger partial charge on any atom is -0.453 e. The Kier molecular flexibility index (Phi) is 11.6. The van der Waals surface area contributed by atoms with Crippen LogP contribution in [-0.4, -0.2) is 114 Å². The lowest BCUT2D eigenvalue weighted by Gasteiger charge is -2.39. The highest BCUT2D eigenvalue weighted by Gasteiger charge is 2.52. The number of imidazole rings is 1. The molecule has 346 valence electrons. The van der Waals surface area contributed by atoms with Gasteiger partial charge in [0.25, 0.3) is 0 Å². The van der Waals surface area contributed by atoms with Gasteiger partial charge in [0.2, 0.25) is 5.91 Å². The Morgan fingerprint density at radius 1 is 0.939 bits per heavy atom. The number of aromatic amines is 1. The molecule has 4 aliphatic heterocycles. The number of aryl methyl sites for hydroxylation is 1. The van der Waals surface area contributed by atoms with Gasteiger partial charge < -0.3 is 40.0 Å². The summed E-state index contributed by atoms with van der Waals surface area (Å²) in [6.45, 7) is 4.31. The fourth-order valence-electron chi connectivity index (χ4n) is 12.7. The number of rotatable bonds is 10. The van der Waals surface area contributed by atoms with Crippen molar-refractivity contribution in [2.75, 3.05) is 34.0 Å². The van der Waals surface area contributed by atoms with Crippen molar-refractivity contribution < 1.29 is 28.6 Å². The molecule has 1 saturated carbocycles. The summed E-state index contributed by atoms with van der Waals surface area (Å²) in [5.41, 5.74) is 10.5. The van der Waals surface area contributed by atoms with Crippen LogP contribution < -0.4 is 16.0 Å². The predicted molar refractivity (Wildman–Crippen MR) is 253 cm³/mol. The van der Waals surface area contributed by atoms with Gasteiger partial charge in [-0.2, -0.15) is 0 Å². The Bertz CT molecular complexity index is 2570. The van der Waals surface area contributed by atoms with Crippen LogP contribution in [0.15, 0.2) is 65.2 Å². The molecule has 0 spiro atoms. The Labute approximate surface area is 386 Å². The van der Waals surface area contributed by atoms with Gasteiger partial charge in [0.1, 0.15) is 23.7 Å². The smallest absolute Gasteiger partial charge is 0.407 e. The van der Waals surface area contributed by atoms with Crippen LogP contribution in [0.25, 0.3) is 28.8 Å². The number of likely N-dealkylation sites (tertiary alicyclic amines) is 2. The van der Waals surface area contributed by atoms with E-state index < -0.39 is 18.2 Å². The lowest BCUT2D eigenvalue weighted by atomic mass is 9.84. The first kappa shape index (κ1) is 42.9. The highest BCUT2D eigenvalue weighted by Crippen LogP contribution is 2.51. The van der Waals surface area contributed by atoms with Crippen molar-refractivity contribution in [1.29, 1.82) is 0 Å². The topological polar surface area (TPSA) is 163 Å². The zero-order valence-electron chi connectivity index (χ0n) is 38.3. The molecule has 2 bridgehead atoms. The molecule has 11 rings (SSSR count). The van der Waals surface area contributed by atoms with Crippen LogP contribution in [0.5, 0.6) is 0 Å². The van der Waals surface area contributed by atoms with E-state index in [1.54, 1.807) is 0 Å². The number of nitrogens with zero attached hydrogens (tertiary/aromatic N) is 4. The molecule has 5 heterocycles. The molecular weight excluding hydrogens is 833 g/mol. The van der Waals surface area contributed by atoms with E-state index >= 15 is 0 Å². The number of hydrogen-bond acceptors (Lipinski definition) is 10. The van der Waals surface area contributed by atoms with Gasteiger partial charge in [0.05, 0.1) is 49.4 Å². The van der Waals surface area contributed by atoms with E-state index in [0.717, 1.165) is 92.6 Å². The zero-order chi connectivity index (χ0) is 45.1. The van der Waals surface area contributed by atoms with E-state index in [1.807, 2.05) is 4.90 Å². The lowest BCUT2D eigenvalue weighted by Crippen LogP contribution is -2.55. The number of H-pyrrole nitrogens is 1. The third kappa shape index (κ3) is 7.73. The summed E-state index contributed by atoms with van der Waals surface area (Å²) in [6.07, 6.45) is 22.7. The van der Waals surface area contributed by atoms with Crippen molar-refractivity contribution in [3.05, 3.63) is 93.9 Å². The number of allylic oxidation sites excluding steroid dienone is 3. The minimum absolute atomic E-state index is 0.00106. The lowest BCUT2D eigenvalue weighted by molar-refractivity contribution is -0.140. The van der Waals surface area contributed by atoms with E-state index in [2.05, 4.69) is 99.5 Å². The quantitative estimate of drug-likeness (QED) is 0.161. The second kappa shape index (κ2) is 17.8. The number of aromatic nitrogens is 2. The second-order valence-electron chi connectivity index (χ2n) is 19.6. The number of piperidine rings is 1. The average molecular weight is 895 g/mol. The van der Waals surface area contributed by atoms with Crippen molar-refractivity contribution in [3.8, 4) is 0 Å². The number of amidine groups is 1. The van der Waals surface area contributed by atoms with Gasteiger partial charge in [0, 0.05) is 25.3 Å². The molecule has 0 radical (unpaired) electrons. The molecule has 9 unspecified atom stereocenters. The Morgan fingerprint density at radius 2 is 1.79 bits per heavy atom. The van der Waals surface area contributed by atoms with Crippen LogP contribution in [0.1, 0.15) is 117 Å². The van der Waals surface area contributed by atoms with Gasteiger partial charge in [-0.05, 0) is 147 Å². The van der Waals surface area contributed by atoms with E-state index in [0.29, 0.717) is 32.0 Å². The number of alkyl carbamates (subject to hydrolysis) is 2. The first-order valence-electron chi connectivity index (χ1n) is 24.4. The molecule has 4 fully saturated rings. The van der Waals surface area contributed by atoms with Gasteiger partial charge in [-0.25, -0.2) is 14.6 Å². The first-order valence-corrected chi connectivity index (χ1v) is 24.4. The van der Waals surface area contributed by atoms with Crippen LogP contribution in [0.3, 0.4) is 0 Å². The number of nitrogens with one attached hydrogen (secondary N) is 4. The van der Waals surface area contributed by atoms with Crippen LogP contribution in [0, 0.1) is 11.8 Å². The van der Waals surface area contributed by atoms with Gasteiger partial charge in [0.15, 0.2) is 0 Å². The third-order valence-corrected chi connectivity index (χ3v) is 16.0. The highest BCUT2D eigenvalue weighted by atomic mass is 16.5. The van der Waals surface area contributed by atoms with Crippen LogP contribution in [-0.2, 0) is 25.4 Å². The third-order valence-electron chi connectivity index (χ3n) is 16.0. The molecule has 3 aromatic rings. The fourth-order valence-corrected chi connectivity index (χ4v) is 12.7. The van der Waals surface area contributed by atoms with Gasteiger partial charge in [-0.15, -0.1) is 0 Å². The molecule has 2 aromatic carbocycles. The minimum atomic E-state index is -0.666. The normalized spacial score (nSPS) is 28.0. The number of benzene rings is 2. The molecule has 1 aromatic heterocycles. The Hall–Kier alpha value is -5.73. The van der Waals surface area contributed by atoms with Crippen LogP contribution in [0.4, 0.5) is 9.59 Å². The molecular formula is C52H62N8O6. The van der Waals surface area contributed by atoms with Gasteiger partial charge in [-0.3, -0.25) is 14.7 Å². The summed E-state index contributed by atoms with van der Waals surface area (Å²) in [6, 6.07) is 10.6. The first-order chi connectivity index (χ1) is 32.3. The SMILES string of the molecule is COC(=O)NC(C(=O)N1C2CCC(C2)C1c1nc2c3c(ccc2[nH]1)C=C(c1ccc2c(c1)C=CC1NC(C4CCCN4C(C)C(NC(=O)OC)C4=CCCC=C4)=NC21)CC3)C1CCOCC1. The molecule has 3 saturated heterocycles. The summed E-state index contributed by atoms with van der Waals surface area (Å²) >= 11 is 0. The molecule has 4 aliphatic carbocycles.